The maximum absolute atomic E-state index is 13.4. The summed E-state index contributed by atoms with van der Waals surface area (Å²) >= 11 is 6.78. The van der Waals surface area contributed by atoms with Gasteiger partial charge in [0.1, 0.15) is 0 Å². The lowest BCUT2D eigenvalue weighted by Gasteiger charge is -2.21. The third-order valence-electron chi connectivity index (χ3n) is 5.66. The van der Waals surface area contributed by atoms with E-state index in [9.17, 15) is 22.8 Å². The van der Waals surface area contributed by atoms with Crippen LogP contribution in [0.15, 0.2) is 52.4 Å². The van der Waals surface area contributed by atoms with Crippen molar-refractivity contribution in [2.75, 3.05) is 5.32 Å². The van der Waals surface area contributed by atoms with Gasteiger partial charge in [-0.2, -0.15) is 13.2 Å². The normalized spacial score (nSPS) is 15.7. The molecule has 0 radical (unpaired) electrons. The van der Waals surface area contributed by atoms with Gasteiger partial charge in [0, 0.05) is 11.1 Å². The van der Waals surface area contributed by atoms with Crippen molar-refractivity contribution >= 4 is 45.9 Å². The number of para-hydroxylation sites is 1. The molecule has 5 nitrogen and oxygen atoms in total. The number of rotatable bonds is 5. The first-order chi connectivity index (χ1) is 15.6. The second kappa shape index (κ2) is 9.38. The van der Waals surface area contributed by atoms with Crippen molar-refractivity contribution in [3.8, 4) is 0 Å². The van der Waals surface area contributed by atoms with Crippen molar-refractivity contribution in [3.05, 3.63) is 63.4 Å². The van der Waals surface area contributed by atoms with Crippen LogP contribution in [0.2, 0.25) is 5.02 Å². The number of carbonyl (C=O) groups excluding carboxylic acids is 1. The van der Waals surface area contributed by atoms with E-state index in [0.717, 1.165) is 49.6 Å². The lowest BCUT2D eigenvalue weighted by Crippen LogP contribution is -2.29. The summed E-state index contributed by atoms with van der Waals surface area (Å²) in [6.07, 6.45) is -0.990. The second-order valence-electron chi connectivity index (χ2n) is 7.96. The van der Waals surface area contributed by atoms with Crippen LogP contribution >= 0.6 is 23.4 Å². The number of fused-ring (bicyclic) bond motifs is 1. The number of amides is 1. The molecule has 33 heavy (non-hydrogen) atoms. The van der Waals surface area contributed by atoms with Gasteiger partial charge in [-0.25, -0.2) is 4.98 Å². The summed E-state index contributed by atoms with van der Waals surface area (Å²) < 4.78 is 41.8. The van der Waals surface area contributed by atoms with Crippen LogP contribution in [0.4, 0.5) is 18.9 Å². The molecule has 4 rings (SSSR count). The van der Waals surface area contributed by atoms with E-state index in [-0.39, 0.29) is 22.3 Å². The number of hydrogen-bond donors (Lipinski definition) is 1. The number of nitrogens with zero attached hydrogens (tertiary/aromatic N) is 2. The van der Waals surface area contributed by atoms with Crippen LogP contribution in [0.1, 0.15) is 44.2 Å². The Morgan fingerprint density at radius 1 is 1.21 bits per heavy atom. The lowest BCUT2D eigenvalue weighted by atomic mass is 10.1. The molecule has 174 valence electrons. The Kier molecular flexibility index (Phi) is 6.72. The van der Waals surface area contributed by atoms with E-state index in [4.69, 9.17) is 11.6 Å². The van der Waals surface area contributed by atoms with Gasteiger partial charge < -0.3 is 5.32 Å². The number of halogens is 4. The Morgan fingerprint density at radius 3 is 2.61 bits per heavy atom. The van der Waals surface area contributed by atoms with Crippen LogP contribution in [0.3, 0.4) is 0 Å². The second-order valence-corrected chi connectivity index (χ2v) is 9.71. The highest BCUT2D eigenvalue weighted by atomic mass is 35.5. The minimum atomic E-state index is -4.67. The van der Waals surface area contributed by atoms with Gasteiger partial charge in [-0.15, -0.1) is 0 Å². The van der Waals surface area contributed by atoms with Crippen molar-refractivity contribution in [2.45, 2.75) is 55.2 Å². The Hall–Kier alpha value is -2.52. The highest BCUT2D eigenvalue weighted by Gasteiger charge is 2.35. The van der Waals surface area contributed by atoms with Crippen LogP contribution in [-0.4, -0.2) is 20.7 Å². The molecule has 1 fully saturated rings. The predicted molar refractivity (Wildman–Crippen MR) is 124 cm³/mol. The molecular formula is C23H21ClF3N3O2S. The highest BCUT2D eigenvalue weighted by molar-refractivity contribution is 8.00. The Morgan fingerprint density at radius 2 is 1.91 bits per heavy atom. The minimum Gasteiger partial charge on any atom is -0.325 e. The number of anilines is 1. The van der Waals surface area contributed by atoms with Crippen molar-refractivity contribution < 1.29 is 18.0 Å². The number of nitrogens with one attached hydrogen (secondary N) is 1. The number of benzene rings is 2. The zero-order chi connectivity index (χ0) is 23.8. The van der Waals surface area contributed by atoms with Crippen LogP contribution in [0.5, 0.6) is 0 Å². The molecule has 1 heterocycles. The molecule has 2 aromatic carbocycles. The lowest BCUT2D eigenvalue weighted by molar-refractivity contribution is -0.137. The SMILES string of the molecule is CC(Sc1nc2ccccc2c(=O)n1C1CCCC1)C(=O)Nc1ccc(Cl)cc1C(F)(F)F. The summed E-state index contributed by atoms with van der Waals surface area (Å²) in [5.41, 5.74) is -1.04. The van der Waals surface area contributed by atoms with Crippen LogP contribution in [-0.2, 0) is 11.0 Å². The summed E-state index contributed by atoms with van der Waals surface area (Å²) in [7, 11) is 0. The van der Waals surface area contributed by atoms with Crippen LogP contribution in [0, 0.1) is 0 Å². The summed E-state index contributed by atoms with van der Waals surface area (Å²) in [5, 5.41) is 2.36. The van der Waals surface area contributed by atoms with E-state index in [1.165, 1.54) is 6.07 Å². The molecule has 1 aliphatic rings. The maximum atomic E-state index is 13.4. The molecule has 1 amide bonds. The van der Waals surface area contributed by atoms with E-state index in [0.29, 0.717) is 16.1 Å². The first-order valence-corrected chi connectivity index (χ1v) is 11.8. The topological polar surface area (TPSA) is 64.0 Å². The van der Waals surface area contributed by atoms with E-state index < -0.39 is 22.9 Å². The Labute approximate surface area is 197 Å². The standard InChI is InChI=1S/C23H21ClF3N3O2S/c1-13(20(31)28-19-11-10-14(24)12-17(19)23(25,26)27)33-22-29-18-9-5-4-8-16(18)21(32)30(22)15-6-2-3-7-15/h4-5,8-13,15H,2-3,6-7H2,1H3,(H,28,31). The molecule has 1 unspecified atom stereocenters. The molecule has 0 saturated heterocycles. The van der Waals surface area contributed by atoms with Gasteiger partial charge in [0.05, 0.1) is 27.4 Å². The third-order valence-corrected chi connectivity index (χ3v) is 6.96. The van der Waals surface area contributed by atoms with Gasteiger partial charge in [-0.1, -0.05) is 48.3 Å². The largest absolute Gasteiger partial charge is 0.418 e. The quantitative estimate of drug-likeness (QED) is 0.333. The zero-order valence-corrected chi connectivity index (χ0v) is 19.2. The number of hydrogen-bond acceptors (Lipinski definition) is 4. The number of carbonyl (C=O) groups is 1. The fourth-order valence-electron chi connectivity index (χ4n) is 4.00. The van der Waals surface area contributed by atoms with E-state index in [1.54, 1.807) is 35.8 Å². The summed E-state index contributed by atoms with van der Waals surface area (Å²) in [6.45, 7) is 1.57. The molecule has 1 atom stereocenters. The molecule has 1 aromatic heterocycles. The van der Waals surface area contributed by atoms with Gasteiger partial charge in [0.2, 0.25) is 5.91 Å². The van der Waals surface area contributed by atoms with Crippen LogP contribution < -0.4 is 10.9 Å². The molecule has 0 spiro atoms. The van der Waals surface area contributed by atoms with Gasteiger partial charge in [0.25, 0.3) is 5.56 Å². The van der Waals surface area contributed by atoms with E-state index >= 15 is 0 Å². The fraction of sp³-hybridized carbons (Fsp3) is 0.348. The predicted octanol–water partition coefficient (Wildman–Crippen LogP) is 6.30. The summed E-state index contributed by atoms with van der Waals surface area (Å²) in [5.74, 6) is -0.631. The van der Waals surface area contributed by atoms with Crippen molar-refractivity contribution in [1.82, 2.24) is 9.55 Å². The smallest absolute Gasteiger partial charge is 0.325 e. The molecule has 1 saturated carbocycles. The van der Waals surface area contributed by atoms with Crippen molar-refractivity contribution in [1.29, 1.82) is 0 Å². The van der Waals surface area contributed by atoms with Gasteiger partial charge in [0.15, 0.2) is 5.16 Å². The first kappa shape index (κ1) is 23.6. The van der Waals surface area contributed by atoms with Crippen LogP contribution in [0.25, 0.3) is 10.9 Å². The Bertz CT molecular complexity index is 1260. The average molecular weight is 496 g/mol. The molecular weight excluding hydrogens is 475 g/mol. The third kappa shape index (κ3) is 5.04. The fourth-order valence-corrected chi connectivity index (χ4v) is 5.15. The highest BCUT2D eigenvalue weighted by Crippen LogP contribution is 2.37. The minimum absolute atomic E-state index is 0.0135. The number of aromatic nitrogens is 2. The zero-order valence-electron chi connectivity index (χ0n) is 17.7. The first-order valence-electron chi connectivity index (χ1n) is 10.5. The average Bonchev–Trinajstić information content (AvgIpc) is 3.28. The van der Waals surface area contributed by atoms with E-state index in [1.807, 2.05) is 0 Å². The molecule has 0 aliphatic heterocycles. The number of thioether (sulfide) groups is 1. The molecule has 1 aliphatic carbocycles. The molecule has 10 heteroatoms. The molecule has 0 bridgehead atoms. The van der Waals surface area contributed by atoms with Gasteiger partial charge in [-0.05, 0) is 50.1 Å². The summed E-state index contributed by atoms with van der Waals surface area (Å²) in [4.78, 5) is 30.7. The van der Waals surface area contributed by atoms with Crippen molar-refractivity contribution in [2.24, 2.45) is 0 Å². The monoisotopic (exact) mass is 495 g/mol. The van der Waals surface area contributed by atoms with E-state index in [2.05, 4.69) is 10.3 Å². The van der Waals surface area contributed by atoms with Crippen molar-refractivity contribution in [3.63, 3.8) is 0 Å². The number of alkyl halides is 3. The van der Waals surface area contributed by atoms with Gasteiger partial charge >= 0.3 is 6.18 Å². The molecule has 1 N–H and O–H groups in total. The van der Waals surface area contributed by atoms with Gasteiger partial charge in [-0.3, -0.25) is 14.2 Å². The Balaban J connectivity index is 1.64. The molecule has 3 aromatic rings. The maximum Gasteiger partial charge on any atom is 0.418 e. The summed E-state index contributed by atoms with van der Waals surface area (Å²) in [6, 6.07) is 10.2.